The molecule has 0 radical (unpaired) electrons. The van der Waals surface area contributed by atoms with Crippen molar-refractivity contribution >= 4 is 76.3 Å². The third kappa shape index (κ3) is 29.9. The van der Waals surface area contributed by atoms with Crippen LogP contribution in [0.2, 0.25) is 0 Å². The summed E-state index contributed by atoms with van der Waals surface area (Å²) in [6.07, 6.45) is 14.8. The number of aryl methyl sites for hydroxylation is 14. The van der Waals surface area contributed by atoms with Crippen molar-refractivity contribution in [1.82, 2.24) is 70.0 Å². The van der Waals surface area contributed by atoms with Crippen LogP contribution in [0.4, 0.5) is 0 Å². The normalized spacial score (nSPS) is 9.43. The highest BCUT2D eigenvalue weighted by molar-refractivity contribution is 5.83. The van der Waals surface area contributed by atoms with Crippen molar-refractivity contribution in [3.63, 3.8) is 0 Å². The van der Waals surface area contributed by atoms with Crippen molar-refractivity contribution in [3.8, 4) is 0 Å². The summed E-state index contributed by atoms with van der Waals surface area (Å²) in [5.74, 6) is 1.65. The maximum absolute atomic E-state index is 4.37. The van der Waals surface area contributed by atoms with Crippen LogP contribution in [0.15, 0.2) is 171 Å². The molecule has 14 nitrogen and oxygen atoms in total. The smallest absolute Gasteiger partial charge is 0.125 e. The molecule has 0 saturated heterocycles. The average molecular weight is 1320 g/mol. The number of pyridine rings is 6. The first kappa shape index (κ1) is 85.9. The maximum Gasteiger partial charge on any atom is 0.125 e. The van der Waals surface area contributed by atoms with E-state index in [1.807, 2.05) is 276 Å². The molecule has 14 heteroatoms. The Morgan fingerprint density at radius 1 is 0.173 bits per heavy atom. The van der Waals surface area contributed by atoms with E-state index in [0.29, 0.717) is 0 Å². The zero-order valence-electron chi connectivity index (χ0n) is 64.4. The summed E-state index contributed by atoms with van der Waals surface area (Å²) in [4.78, 5) is 51.0. The highest BCUT2D eigenvalue weighted by Crippen LogP contribution is 2.18. The zero-order chi connectivity index (χ0) is 73.9. The summed E-state index contributed by atoms with van der Waals surface area (Å²) in [6, 6.07) is 41.0. The molecule has 0 bridgehead atoms. The molecule has 10 heterocycles. The van der Waals surface area contributed by atoms with Crippen LogP contribution in [0.1, 0.15) is 176 Å². The molecule has 14 aromatic rings. The van der Waals surface area contributed by atoms with Crippen LogP contribution >= 0.6 is 0 Å². The van der Waals surface area contributed by atoms with Crippen LogP contribution in [0.5, 0.6) is 0 Å². The van der Waals surface area contributed by atoms with Crippen LogP contribution in [0.25, 0.3) is 76.3 Å². The Hall–Kier alpha value is -10.1. The number of hydrogen-bond acceptors (Lipinski definition) is 14. The van der Waals surface area contributed by atoms with Gasteiger partial charge in [-0.25, -0.2) is 24.9 Å². The van der Waals surface area contributed by atoms with Crippen molar-refractivity contribution in [3.05, 3.63) is 250 Å². The molecule has 10 aromatic heterocycles. The highest BCUT2D eigenvalue weighted by atomic mass is 15.1. The number of benzene rings is 4. The van der Waals surface area contributed by atoms with E-state index >= 15 is 0 Å². The second-order valence-corrected chi connectivity index (χ2v) is 21.0. The first-order valence-corrected chi connectivity index (χ1v) is 34.7. The SMILES string of the molecule is CC.CC.CC.CC.CC.CC.CC.Cc1cc2ccc(C)nc2cn1.Cc1cc2cnc(C)cc2cn1.Cc1ccc2cnc(C)nc2c1.Cc1ccc2nc(C)ncc2c1.Cc1ccc2ncc(C)nc2c1.Cc1ccc2nnc(C)cc2c1.Cc1cnc2cc(C)ncc2c1. The van der Waals surface area contributed by atoms with Crippen molar-refractivity contribution in [1.29, 1.82) is 0 Å². The molecule has 0 atom stereocenters. The molecule has 0 spiro atoms. The van der Waals surface area contributed by atoms with E-state index in [4.69, 9.17) is 0 Å². The molecule has 0 aliphatic heterocycles. The van der Waals surface area contributed by atoms with Crippen molar-refractivity contribution in [2.24, 2.45) is 0 Å². The van der Waals surface area contributed by atoms with Crippen LogP contribution in [-0.4, -0.2) is 70.0 Å². The van der Waals surface area contributed by atoms with E-state index in [0.717, 1.165) is 122 Å². The van der Waals surface area contributed by atoms with Crippen LogP contribution in [0.3, 0.4) is 0 Å². The number of nitrogens with zero attached hydrogens (tertiary/aromatic N) is 14. The van der Waals surface area contributed by atoms with E-state index in [1.54, 1.807) is 6.20 Å². The molecule has 98 heavy (non-hydrogen) atoms. The summed E-state index contributed by atoms with van der Waals surface area (Å²) in [5.41, 5.74) is 20.2. The largest absolute Gasteiger partial charge is 0.261 e. The first-order valence-electron chi connectivity index (χ1n) is 34.7. The highest BCUT2D eigenvalue weighted by Gasteiger charge is 2.01. The predicted octanol–water partition coefficient (Wildman–Crippen LogP) is 22.9. The summed E-state index contributed by atoms with van der Waals surface area (Å²) in [6.45, 7) is 55.9. The second kappa shape index (κ2) is 47.8. The van der Waals surface area contributed by atoms with Gasteiger partial charge in [0.2, 0.25) is 0 Å². The summed E-state index contributed by atoms with van der Waals surface area (Å²) in [7, 11) is 0. The maximum atomic E-state index is 4.37. The fourth-order valence-electron chi connectivity index (χ4n) is 8.68. The van der Waals surface area contributed by atoms with Gasteiger partial charge in [-0.2, -0.15) is 10.2 Å². The molecule has 0 aliphatic carbocycles. The number of fused-ring (bicyclic) bond motifs is 7. The quantitative estimate of drug-likeness (QED) is 0.140. The minimum Gasteiger partial charge on any atom is -0.261 e. The molecule has 0 N–H and O–H groups in total. The molecule has 0 saturated carbocycles. The molecular weight excluding hydrogens is 1210 g/mol. The molecular formula is C84H112N14. The Labute approximate surface area is 587 Å². The van der Waals surface area contributed by atoms with Gasteiger partial charge < -0.3 is 0 Å². The number of aromatic nitrogens is 14. The molecule has 0 fully saturated rings. The van der Waals surface area contributed by atoms with Crippen molar-refractivity contribution in [2.45, 2.75) is 194 Å². The minimum absolute atomic E-state index is 0.825. The molecule has 0 aliphatic rings. The van der Waals surface area contributed by atoms with E-state index in [2.05, 4.69) is 152 Å². The Kier molecular flexibility index (Phi) is 41.9. The van der Waals surface area contributed by atoms with Crippen molar-refractivity contribution < 1.29 is 0 Å². The predicted molar refractivity (Wildman–Crippen MR) is 423 cm³/mol. The lowest BCUT2D eigenvalue weighted by Gasteiger charge is -1.98. The van der Waals surface area contributed by atoms with Gasteiger partial charge in [0.25, 0.3) is 0 Å². The third-order valence-electron chi connectivity index (χ3n) is 13.0. The van der Waals surface area contributed by atoms with Gasteiger partial charge in [-0.3, -0.25) is 34.9 Å². The minimum atomic E-state index is 0.825. The summed E-state index contributed by atoms with van der Waals surface area (Å²) >= 11 is 0. The molecule has 14 rings (SSSR count). The van der Waals surface area contributed by atoms with E-state index < -0.39 is 0 Å². The fourth-order valence-corrected chi connectivity index (χ4v) is 8.68. The van der Waals surface area contributed by atoms with Gasteiger partial charge in [-0.1, -0.05) is 144 Å². The van der Waals surface area contributed by atoms with Gasteiger partial charge in [0.1, 0.15) is 11.6 Å². The molecule has 0 unspecified atom stereocenters. The lowest BCUT2D eigenvalue weighted by molar-refractivity contribution is 1.02. The van der Waals surface area contributed by atoms with Crippen LogP contribution in [0, 0.1) is 96.9 Å². The van der Waals surface area contributed by atoms with Crippen LogP contribution < -0.4 is 0 Å². The first-order chi connectivity index (χ1) is 47.3. The topological polar surface area (TPSA) is 180 Å². The van der Waals surface area contributed by atoms with Gasteiger partial charge in [0.15, 0.2) is 0 Å². The Bertz CT molecular complexity index is 3780. The molecule has 0 amide bonds. The Morgan fingerprint density at radius 2 is 0.561 bits per heavy atom. The number of rotatable bonds is 0. The second-order valence-electron chi connectivity index (χ2n) is 21.0. The fraction of sp³-hybridized carbons (Fsp3) is 0.333. The van der Waals surface area contributed by atoms with Gasteiger partial charge >= 0.3 is 0 Å². The van der Waals surface area contributed by atoms with Gasteiger partial charge in [-0.15, -0.1) is 0 Å². The van der Waals surface area contributed by atoms with Crippen molar-refractivity contribution in [2.75, 3.05) is 0 Å². The van der Waals surface area contributed by atoms with Gasteiger partial charge in [0.05, 0.1) is 56.2 Å². The zero-order valence-corrected chi connectivity index (χ0v) is 64.4. The van der Waals surface area contributed by atoms with Gasteiger partial charge in [-0.05, 0) is 199 Å². The lowest BCUT2D eigenvalue weighted by Crippen LogP contribution is -1.87. The van der Waals surface area contributed by atoms with E-state index in [1.165, 1.54) is 33.2 Å². The Balaban J connectivity index is 0.000000554. The van der Waals surface area contributed by atoms with E-state index in [9.17, 15) is 0 Å². The summed E-state index contributed by atoms with van der Waals surface area (Å²) < 4.78 is 0. The summed E-state index contributed by atoms with van der Waals surface area (Å²) in [5, 5.41) is 16.0. The third-order valence-corrected chi connectivity index (χ3v) is 13.0. The molecule has 4 aromatic carbocycles. The van der Waals surface area contributed by atoms with E-state index in [-0.39, 0.29) is 0 Å². The van der Waals surface area contributed by atoms with Crippen LogP contribution in [-0.2, 0) is 0 Å². The molecule has 518 valence electrons. The Morgan fingerprint density at radius 3 is 1.14 bits per heavy atom. The number of hydrogen-bond donors (Lipinski definition) is 0. The average Bonchev–Trinajstić information content (AvgIpc) is 0.945. The van der Waals surface area contributed by atoms with Gasteiger partial charge in [0, 0.05) is 110 Å². The standard InChI is InChI=1S/7C10H10N2.7C2H6/c1-7-3-9-6-12-8(2)4-10(9)5-11-7;1-7-3-9-6-11-8(2)4-10(9)12-5-7;1-7-3-4-9-5-8(2)11-6-10(9)12-7;1-7-3-4-10-9(5-7)6-11-8(2)12-10;1-7-3-4-9-6-11-8(2)12-10(9)5-7;1-7-3-4-10-9(5-7)6-8(2)11-12-10;1-7-3-4-9-10(5-7)12-8(2)6-11-9;7*1-2/h7*3-6H,1-2H3;7*1-2H3. The lowest BCUT2D eigenvalue weighted by atomic mass is 10.1. The monoisotopic (exact) mass is 1320 g/mol.